The van der Waals surface area contributed by atoms with Gasteiger partial charge in [0.15, 0.2) is 0 Å². The van der Waals surface area contributed by atoms with Gasteiger partial charge >= 0.3 is 0 Å². The minimum absolute atomic E-state index is 0.355. The zero-order valence-electron chi connectivity index (χ0n) is 10.8. The van der Waals surface area contributed by atoms with Crippen molar-refractivity contribution >= 4 is 0 Å². The van der Waals surface area contributed by atoms with Crippen LogP contribution >= 0.6 is 0 Å². The molecule has 2 N–H and O–H groups in total. The van der Waals surface area contributed by atoms with E-state index in [1.54, 1.807) is 0 Å². The Morgan fingerprint density at radius 3 is 2.56 bits per heavy atom. The number of nitrogens with two attached hydrogens (primary N) is 1. The average molecular weight is 243 g/mol. The Balaban J connectivity index is 2.07. The topological polar surface area (TPSA) is 35.2 Å². The van der Waals surface area contributed by atoms with Crippen LogP contribution in [0.2, 0.25) is 0 Å². The molecule has 0 saturated heterocycles. The van der Waals surface area contributed by atoms with Crippen molar-refractivity contribution in [1.29, 1.82) is 0 Å². The summed E-state index contributed by atoms with van der Waals surface area (Å²) in [5.74, 6) is 6.88. The van der Waals surface area contributed by atoms with Crippen LogP contribution in [-0.2, 0) is 0 Å². The van der Waals surface area contributed by atoms with Crippen molar-refractivity contribution in [2.24, 2.45) is 5.73 Å². The predicted molar refractivity (Wildman–Crippen MR) is 74.5 cm³/mol. The molecule has 1 aromatic rings. The molecule has 0 aromatic heterocycles. The van der Waals surface area contributed by atoms with E-state index in [1.807, 2.05) is 24.3 Å². The van der Waals surface area contributed by atoms with Crippen LogP contribution in [0.25, 0.3) is 0 Å². The van der Waals surface area contributed by atoms with Crippen LogP contribution < -0.4 is 10.5 Å². The Morgan fingerprint density at radius 2 is 1.83 bits per heavy atom. The first-order valence-electron chi connectivity index (χ1n) is 6.85. The Bertz CT molecular complexity index is 422. The molecule has 96 valence electrons. The summed E-state index contributed by atoms with van der Waals surface area (Å²) < 4.78 is 6.12. The molecule has 2 nitrogen and oxygen atoms in total. The molecule has 0 bridgehead atoms. The van der Waals surface area contributed by atoms with Crippen LogP contribution in [0.4, 0.5) is 0 Å². The highest BCUT2D eigenvalue weighted by atomic mass is 16.5. The van der Waals surface area contributed by atoms with Crippen LogP contribution in [0.15, 0.2) is 24.3 Å². The monoisotopic (exact) mass is 243 g/mol. The first-order chi connectivity index (χ1) is 8.90. The molecule has 1 saturated carbocycles. The smallest absolute Gasteiger partial charge is 0.135 e. The Morgan fingerprint density at radius 1 is 1.11 bits per heavy atom. The van der Waals surface area contributed by atoms with Crippen molar-refractivity contribution in [3.63, 3.8) is 0 Å². The Kier molecular flexibility index (Phi) is 5.11. The van der Waals surface area contributed by atoms with E-state index in [0.717, 1.165) is 11.3 Å². The Hall–Kier alpha value is -1.46. The lowest BCUT2D eigenvalue weighted by atomic mass is 10.1. The van der Waals surface area contributed by atoms with Gasteiger partial charge in [-0.2, -0.15) is 0 Å². The molecule has 0 unspecified atom stereocenters. The maximum atomic E-state index is 6.12. The quantitative estimate of drug-likeness (QED) is 0.640. The van der Waals surface area contributed by atoms with Crippen LogP contribution in [0.3, 0.4) is 0 Å². The van der Waals surface area contributed by atoms with Gasteiger partial charge in [0.2, 0.25) is 0 Å². The van der Waals surface area contributed by atoms with E-state index in [9.17, 15) is 0 Å². The number of ether oxygens (including phenoxy) is 1. The normalized spacial score (nSPS) is 16.5. The standard InChI is InChI=1S/C16H21NO/c17-13-7-9-14-8-5-6-12-16(14)18-15-10-3-1-2-4-11-15/h5-6,8,12,15H,1-4,10-11,13,17H2. The molecule has 1 fully saturated rings. The maximum Gasteiger partial charge on any atom is 0.135 e. The van der Waals surface area contributed by atoms with Crippen LogP contribution in [0.5, 0.6) is 5.75 Å². The number of hydrogen-bond donors (Lipinski definition) is 1. The second-order valence-electron chi connectivity index (χ2n) is 4.73. The largest absolute Gasteiger partial charge is 0.489 e. The first kappa shape index (κ1) is 13.0. The minimum atomic E-state index is 0.355. The highest BCUT2D eigenvalue weighted by Crippen LogP contribution is 2.24. The van der Waals surface area contributed by atoms with E-state index in [1.165, 1.54) is 38.5 Å². The van der Waals surface area contributed by atoms with Gasteiger partial charge in [-0.3, -0.25) is 0 Å². The maximum absolute atomic E-state index is 6.12. The molecule has 1 aliphatic carbocycles. The molecule has 0 atom stereocenters. The van der Waals surface area contributed by atoms with E-state index in [-0.39, 0.29) is 0 Å². The van der Waals surface area contributed by atoms with Crippen LogP contribution in [0.1, 0.15) is 44.1 Å². The fourth-order valence-electron chi connectivity index (χ4n) is 2.36. The molecule has 0 aliphatic heterocycles. The van der Waals surface area contributed by atoms with Crippen molar-refractivity contribution in [2.75, 3.05) is 6.54 Å². The van der Waals surface area contributed by atoms with Gasteiger partial charge in [-0.05, 0) is 37.8 Å². The van der Waals surface area contributed by atoms with E-state index >= 15 is 0 Å². The van der Waals surface area contributed by atoms with E-state index in [4.69, 9.17) is 10.5 Å². The summed E-state index contributed by atoms with van der Waals surface area (Å²) in [7, 11) is 0. The summed E-state index contributed by atoms with van der Waals surface area (Å²) in [6, 6.07) is 7.99. The number of para-hydroxylation sites is 1. The summed E-state index contributed by atoms with van der Waals surface area (Å²) in [5, 5.41) is 0. The van der Waals surface area contributed by atoms with Gasteiger partial charge in [-0.15, -0.1) is 0 Å². The van der Waals surface area contributed by atoms with Crippen LogP contribution in [0, 0.1) is 11.8 Å². The lowest BCUT2D eigenvalue weighted by Gasteiger charge is -2.17. The van der Waals surface area contributed by atoms with Gasteiger partial charge in [0.05, 0.1) is 18.2 Å². The molecule has 2 rings (SSSR count). The molecular formula is C16H21NO. The average Bonchev–Trinajstić information content (AvgIpc) is 2.66. The van der Waals surface area contributed by atoms with Gasteiger partial charge in [0.25, 0.3) is 0 Å². The van der Waals surface area contributed by atoms with Gasteiger partial charge < -0.3 is 10.5 Å². The van der Waals surface area contributed by atoms with Gasteiger partial charge in [-0.25, -0.2) is 0 Å². The summed E-state index contributed by atoms with van der Waals surface area (Å²) in [6.45, 7) is 0.387. The molecule has 0 amide bonds. The van der Waals surface area contributed by atoms with Crippen molar-refractivity contribution in [3.8, 4) is 17.6 Å². The molecule has 0 heterocycles. The predicted octanol–water partition coefficient (Wildman–Crippen LogP) is 3.10. The highest BCUT2D eigenvalue weighted by molar-refractivity contribution is 5.46. The third-order valence-corrected chi connectivity index (χ3v) is 3.31. The molecule has 1 aromatic carbocycles. The molecule has 0 radical (unpaired) electrons. The lowest BCUT2D eigenvalue weighted by molar-refractivity contribution is 0.183. The molecule has 0 spiro atoms. The molecule has 18 heavy (non-hydrogen) atoms. The summed E-state index contributed by atoms with van der Waals surface area (Å²) >= 11 is 0. The van der Waals surface area contributed by atoms with Crippen LogP contribution in [-0.4, -0.2) is 12.6 Å². The number of rotatable bonds is 2. The third-order valence-electron chi connectivity index (χ3n) is 3.31. The fourth-order valence-corrected chi connectivity index (χ4v) is 2.36. The summed E-state index contributed by atoms with van der Waals surface area (Å²) in [5.41, 5.74) is 6.37. The van der Waals surface area contributed by atoms with Gasteiger partial charge in [-0.1, -0.05) is 36.8 Å². The van der Waals surface area contributed by atoms with Gasteiger partial charge in [0, 0.05) is 0 Å². The zero-order valence-corrected chi connectivity index (χ0v) is 10.8. The summed E-state index contributed by atoms with van der Waals surface area (Å²) in [4.78, 5) is 0. The zero-order chi connectivity index (χ0) is 12.6. The second kappa shape index (κ2) is 7.08. The first-order valence-corrected chi connectivity index (χ1v) is 6.85. The number of benzene rings is 1. The number of hydrogen-bond acceptors (Lipinski definition) is 2. The fraction of sp³-hybridized carbons (Fsp3) is 0.500. The SMILES string of the molecule is NCC#Cc1ccccc1OC1CCCCCC1. The minimum Gasteiger partial charge on any atom is -0.489 e. The van der Waals surface area contributed by atoms with Crippen molar-refractivity contribution < 1.29 is 4.74 Å². The molecule has 2 heteroatoms. The van der Waals surface area contributed by atoms with E-state index in [2.05, 4.69) is 11.8 Å². The van der Waals surface area contributed by atoms with E-state index < -0.39 is 0 Å². The molecule has 1 aliphatic rings. The van der Waals surface area contributed by atoms with Crippen molar-refractivity contribution in [2.45, 2.75) is 44.6 Å². The van der Waals surface area contributed by atoms with Crippen molar-refractivity contribution in [1.82, 2.24) is 0 Å². The van der Waals surface area contributed by atoms with Crippen molar-refractivity contribution in [3.05, 3.63) is 29.8 Å². The lowest BCUT2D eigenvalue weighted by Crippen LogP contribution is -2.15. The Labute approximate surface area is 110 Å². The second-order valence-corrected chi connectivity index (χ2v) is 4.73. The van der Waals surface area contributed by atoms with E-state index in [0.29, 0.717) is 12.6 Å². The highest BCUT2D eigenvalue weighted by Gasteiger charge is 2.14. The summed E-state index contributed by atoms with van der Waals surface area (Å²) in [6.07, 6.45) is 7.93. The molecular weight excluding hydrogens is 222 g/mol. The van der Waals surface area contributed by atoms with Gasteiger partial charge in [0.1, 0.15) is 5.75 Å². The third kappa shape index (κ3) is 3.78.